The van der Waals surface area contributed by atoms with Gasteiger partial charge in [0.25, 0.3) is 0 Å². The topological polar surface area (TPSA) is 27.7 Å². The predicted molar refractivity (Wildman–Crippen MR) is 83.3 cm³/mol. The Balaban J connectivity index is 2.53. The average Bonchev–Trinajstić information content (AvgIpc) is 2.52. The Hall–Kier alpha value is -1.75. The molecule has 0 heterocycles. The third-order valence-electron chi connectivity index (χ3n) is 3.15. The first-order valence-electron chi connectivity index (χ1n) is 6.30. The number of benzene rings is 2. The lowest BCUT2D eigenvalue weighted by Crippen LogP contribution is -2.01. The molecule has 0 N–H and O–H groups in total. The van der Waals surface area contributed by atoms with Gasteiger partial charge in [-0.1, -0.05) is 28.1 Å². The van der Waals surface area contributed by atoms with E-state index in [1.807, 2.05) is 12.1 Å². The molecule has 1 unspecified atom stereocenters. The standard InChI is InChI=1S/C16H16BrFO3/c1-19-13-8-7-12(15(20-2)16(13)21-3)14(17)10-5-4-6-11(18)9-10/h4-9,14H,1-3H3. The van der Waals surface area contributed by atoms with E-state index in [0.29, 0.717) is 17.2 Å². The molecule has 2 rings (SSSR count). The van der Waals surface area contributed by atoms with Crippen molar-refractivity contribution in [1.82, 2.24) is 0 Å². The van der Waals surface area contributed by atoms with E-state index >= 15 is 0 Å². The first-order valence-corrected chi connectivity index (χ1v) is 7.22. The van der Waals surface area contributed by atoms with Gasteiger partial charge in [0.05, 0.1) is 26.2 Å². The highest BCUT2D eigenvalue weighted by molar-refractivity contribution is 9.09. The second-order valence-corrected chi connectivity index (χ2v) is 5.26. The summed E-state index contributed by atoms with van der Waals surface area (Å²) in [4.78, 5) is -0.219. The van der Waals surface area contributed by atoms with Gasteiger partial charge in [-0.05, 0) is 29.8 Å². The third-order valence-corrected chi connectivity index (χ3v) is 4.17. The van der Waals surface area contributed by atoms with Gasteiger partial charge in [0, 0.05) is 5.56 Å². The van der Waals surface area contributed by atoms with Crippen LogP contribution in [0, 0.1) is 5.82 Å². The van der Waals surface area contributed by atoms with Gasteiger partial charge in [-0.2, -0.15) is 0 Å². The highest BCUT2D eigenvalue weighted by atomic mass is 79.9. The van der Waals surface area contributed by atoms with Crippen LogP contribution in [0.4, 0.5) is 4.39 Å². The zero-order valence-electron chi connectivity index (χ0n) is 12.0. The van der Waals surface area contributed by atoms with Crippen molar-refractivity contribution in [3.05, 3.63) is 53.3 Å². The second kappa shape index (κ2) is 6.80. The van der Waals surface area contributed by atoms with Crippen molar-refractivity contribution in [2.45, 2.75) is 4.83 Å². The highest BCUT2D eigenvalue weighted by Gasteiger charge is 2.22. The van der Waals surface area contributed by atoms with Crippen molar-refractivity contribution in [1.29, 1.82) is 0 Å². The molecular formula is C16H16BrFO3. The molecule has 0 fully saturated rings. The molecule has 112 valence electrons. The molecule has 0 aliphatic heterocycles. The number of hydrogen-bond acceptors (Lipinski definition) is 3. The summed E-state index contributed by atoms with van der Waals surface area (Å²) >= 11 is 3.59. The summed E-state index contributed by atoms with van der Waals surface area (Å²) in [5.41, 5.74) is 1.63. The Labute approximate surface area is 131 Å². The summed E-state index contributed by atoms with van der Waals surface area (Å²) in [5.74, 6) is 1.37. The summed E-state index contributed by atoms with van der Waals surface area (Å²) in [6.45, 7) is 0. The molecule has 2 aromatic rings. The number of hydrogen-bond donors (Lipinski definition) is 0. The van der Waals surface area contributed by atoms with Crippen LogP contribution in [0.3, 0.4) is 0 Å². The van der Waals surface area contributed by atoms with E-state index in [2.05, 4.69) is 15.9 Å². The Morgan fingerprint density at radius 3 is 2.24 bits per heavy atom. The Bertz CT molecular complexity index is 631. The van der Waals surface area contributed by atoms with Crippen molar-refractivity contribution < 1.29 is 18.6 Å². The van der Waals surface area contributed by atoms with E-state index < -0.39 is 0 Å². The van der Waals surface area contributed by atoms with Crippen molar-refractivity contribution in [2.24, 2.45) is 0 Å². The molecule has 0 saturated carbocycles. The van der Waals surface area contributed by atoms with E-state index in [-0.39, 0.29) is 10.6 Å². The molecule has 0 bridgehead atoms. The van der Waals surface area contributed by atoms with E-state index in [1.165, 1.54) is 12.1 Å². The normalized spacial score (nSPS) is 11.9. The van der Waals surface area contributed by atoms with Gasteiger partial charge < -0.3 is 14.2 Å². The van der Waals surface area contributed by atoms with E-state index in [9.17, 15) is 4.39 Å². The van der Waals surface area contributed by atoms with Gasteiger partial charge in [-0.15, -0.1) is 0 Å². The smallest absolute Gasteiger partial charge is 0.203 e. The van der Waals surface area contributed by atoms with E-state index in [1.54, 1.807) is 33.5 Å². The molecule has 3 nitrogen and oxygen atoms in total. The van der Waals surface area contributed by atoms with Crippen LogP contribution in [0.2, 0.25) is 0 Å². The van der Waals surface area contributed by atoms with Crippen molar-refractivity contribution in [3.8, 4) is 17.2 Å². The van der Waals surface area contributed by atoms with Gasteiger partial charge in [0.15, 0.2) is 11.5 Å². The highest BCUT2D eigenvalue weighted by Crippen LogP contribution is 2.45. The minimum atomic E-state index is -0.281. The molecule has 0 spiro atoms. The van der Waals surface area contributed by atoms with Crippen LogP contribution >= 0.6 is 15.9 Å². The zero-order valence-corrected chi connectivity index (χ0v) is 13.6. The summed E-state index contributed by atoms with van der Waals surface area (Å²) in [6, 6.07) is 10.1. The van der Waals surface area contributed by atoms with Crippen LogP contribution < -0.4 is 14.2 Å². The van der Waals surface area contributed by atoms with Gasteiger partial charge in [-0.3, -0.25) is 0 Å². The molecular weight excluding hydrogens is 339 g/mol. The van der Waals surface area contributed by atoms with Crippen molar-refractivity contribution in [3.63, 3.8) is 0 Å². The summed E-state index contributed by atoms with van der Waals surface area (Å²) in [6.07, 6.45) is 0. The van der Waals surface area contributed by atoms with E-state index in [4.69, 9.17) is 14.2 Å². The van der Waals surface area contributed by atoms with Gasteiger partial charge in [-0.25, -0.2) is 4.39 Å². The van der Waals surface area contributed by atoms with Crippen LogP contribution in [0.15, 0.2) is 36.4 Å². The fraction of sp³-hybridized carbons (Fsp3) is 0.250. The Morgan fingerprint density at radius 1 is 0.952 bits per heavy atom. The molecule has 0 saturated heterocycles. The van der Waals surface area contributed by atoms with Crippen LogP contribution in [0.25, 0.3) is 0 Å². The second-order valence-electron chi connectivity index (χ2n) is 4.34. The third kappa shape index (κ3) is 3.13. The van der Waals surface area contributed by atoms with Crippen molar-refractivity contribution in [2.75, 3.05) is 21.3 Å². The summed E-state index contributed by atoms with van der Waals surface area (Å²) in [5, 5.41) is 0. The maximum atomic E-state index is 13.4. The molecule has 1 atom stereocenters. The fourth-order valence-electron chi connectivity index (χ4n) is 2.17. The molecule has 5 heteroatoms. The molecule has 0 aliphatic carbocycles. The Morgan fingerprint density at radius 2 is 1.67 bits per heavy atom. The lowest BCUT2D eigenvalue weighted by atomic mass is 10.0. The van der Waals surface area contributed by atoms with Gasteiger partial charge in [0.2, 0.25) is 5.75 Å². The van der Waals surface area contributed by atoms with Gasteiger partial charge in [0.1, 0.15) is 5.82 Å². The minimum absolute atomic E-state index is 0.219. The molecule has 0 radical (unpaired) electrons. The van der Waals surface area contributed by atoms with Crippen molar-refractivity contribution >= 4 is 15.9 Å². The largest absolute Gasteiger partial charge is 0.493 e. The summed E-state index contributed by atoms with van der Waals surface area (Å²) in [7, 11) is 4.68. The van der Waals surface area contributed by atoms with Crippen LogP contribution in [-0.4, -0.2) is 21.3 Å². The molecule has 0 amide bonds. The first kappa shape index (κ1) is 15.6. The number of alkyl halides is 1. The van der Waals surface area contributed by atoms with Gasteiger partial charge >= 0.3 is 0 Å². The average molecular weight is 355 g/mol. The number of ether oxygens (including phenoxy) is 3. The quantitative estimate of drug-likeness (QED) is 0.747. The maximum absolute atomic E-state index is 13.4. The lowest BCUT2D eigenvalue weighted by molar-refractivity contribution is 0.322. The Kier molecular flexibility index (Phi) is 5.07. The first-order chi connectivity index (χ1) is 10.1. The fourth-order valence-corrected chi connectivity index (χ4v) is 2.81. The van der Waals surface area contributed by atoms with Crippen LogP contribution in [0.1, 0.15) is 16.0 Å². The zero-order chi connectivity index (χ0) is 15.4. The van der Waals surface area contributed by atoms with Crippen LogP contribution in [-0.2, 0) is 0 Å². The minimum Gasteiger partial charge on any atom is -0.493 e. The lowest BCUT2D eigenvalue weighted by Gasteiger charge is -2.19. The molecule has 0 aromatic heterocycles. The molecule has 0 aliphatic rings. The summed E-state index contributed by atoms with van der Waals surface area (Å²) < 4.78 is 29.5. The predicted octanol–water partition coefficient (Wildman–Crippen LogP) is 4.34. The number of methoxy groups -OCH3 is 3. The van der Waals surface area contributed by atoms with E-state index in [0.717, 1.165) is 11.1 Å². The number of halogens is 2. The SMILES string of the molecule is COc1ccc(C(Br)c2cccc(F)c2)c(OC)c1OC. The monoisotopic (exact) mass is 354 g/mol. The molecule has 2 aromatic carbocycles. The van der Waals surface area contributed by atoms with Crippen LogP contribution in [0.5, 0.6) is 17.2 Å². The molecule has 21 heavy (non-hydrogen) atoms. The maximum Gasteiger partial charge on any atom is 0.203 e. The number of rotatable bonds is 5.